The first-order valence-corrected chi connectivity index (χ1v) is 23.8. The maximum atomic E-state index is 14.5. The molecule has 2 heterocycles. The summed E-state index contributed by atoms with van der Waals surface area (Å²) in [6, 6.07) is 0. The summed E-state index contributed by atoms with van der Waals surface area (Å²) >= 11 is 0. The molecular weight excluding hydrogens is 701 g/mol. The molecule has 4 aliphatic carbocycles. The van der Waals surface area contributed by atoms with Crippen LogP contribution in [0.1, 0.15) is 216 Å². The van der Waals surface area contributed by atoms with Gasteiger partial charge in [-0.15, -0.1) is 0 Å². The van der Waals surface area contributed by atoms with E-state index in [1.54, 1.807) is 0 Å². The Kier molecular flexibility index (Phi) is 14.1. The first-order valence-electron chi connectivity index (χ1n) is 23.8. The molecule has 6 aliphatic rings. The summed E-state index contributed by atoms with van der Waals surface area (Å²) in [6.45, 7) is 18.6. The van der Waals surface area contributed by atoms with E-state index in [2.05, 4.69) is 65.5 Å². The topological polar surface area (TPSA) is 99.5 Å². The van der Waals surface area contributed by atoms with E-state index in [0.717, 1.165) is 76.0 Å². The summed E-state index contributed by atoms with van der Waals surface area (Å²) in [4.78, 5) is 40.1. The first kappa shape index (κ1) is 44.3. The monoisotopic (exact) mass is 785 g/mol. The lowest BCUT2D eigenvalue weighted by Gasteiger charge is -2.62. The molecule has 6 atom stereocenters. The van der Waals surface area contributed by atoms with Crippen molar-refractivity contribution in [3.05, 3.63) is 0 Å². The normalized spacial score (nSPS) is 34.9. The van der Waals surface area contributed by atoms with Crippen LogP contribution >= 0.6 is 0 Å². The fourth-order valence-electron chi connectivity index (χ4n) is 14.5. The van der Waals surface area contributed by atoms with E-state index in [0.29, 0.717) is 24.7 Å². The van der Waals surface area contributed by atoms with Gasteiger partial charge in [-0.1, -0.05) is 77.0 Å². The van der Waals surface area contributed by atoms with Crippen LogP contribution in [-0.2, 0) is 19.3 Å². The number of hydrogen-bond acceptors (Lipinski definition) is 6. The van der Waals surface area contributed by atoms with Crippen molar-refractivity contribution in [3.63, 3.8) is 0 Å². The van der Waals surface area contributed by atoms with Gasteiger partial charge in [-0.05, 0) is 168 Å². The van der Waals surface area contributed by atoms with Gasteiger partial charge in [-0.3, -0.25) is 19.3 Å². The average Bonchev–Trinajstić information content (AvgIpc) is 3.11. The van der Waals surface area contributed by atoms with Crippen molar-refractivity contribution < 1.29 is 29.5 Å². The number of aliphatic carboxylic acids is 2. The molecule has 8 heteroatoms. The molecule has 0 aromatic rings. The summed E-state index contributed by atoms with van der Waals surface area (Å²) in [5.41, 5.74) is -2.17. The molecule has 8 nitrogen and oxygen atoms in total. The number of unbranched alkanes of at least 4 members (excludes halogenated alkanes) is 4. The number of fused-ring (bicyclic) bond motifs is 2. The highest BCUT2D eigenvalue weighted by Crippen LogP contribution is 2.59. The molecule has 6 rings (SSSR count). The Morgan fingerprint density at radius 2 is 0.911 bits per heavy atom. The van der Waals surface area contributed by atoms with Crippen LogP contribution in [-0.4, -0.2) is 66.6 Å². The van der Waals surface area contributed by atoms with Crippen molar-refractivity contribution in [2.24, 2.45) is 40.9 Å². The number of carboxylic acids is 2. The highest BCUT2D eigenvalue weighted by molar-refractivity contribution is 5.76. The number of carboxylic acid groups (broad SMARTS) is 2. The molecule has 6 fully saturated rings. The summed E-state index contributed by atoms with van der Waals surface area (Å²) < 4.78 is 0. The first-order chi connectivity index (χ1) is 26.4. The lowest BCUT2D eigenvalue weighted by molar-refractivity contribution is -0.338. The Hall–Kier alpha value is -1.22. The molecule has 6 unspecified atom stereocenters. The second-order valence-corrected chi connectivity index (χ2v) is 22.6. The number of carbonyl (C=O) groups is 2. The van der Waals surface area contributed by atoms with E-state index in [-0.39, 0.29) is 52.6 Å². The van der Waals surface area contributed by atoms with Gasteiger partial charge >= 0.3 is 11.9 Å². The van der Waals surface area contributed by atoms with Crippen molar-refractivity contribution >= 4 is 11.9 Å². The minimum Gasteiger partial charge on any atom is -0.481 e. The predicted molar refractivity (Wildman–Crippen MR) is 224 cm³/mol. The van der Waals surface area contributed by atoms with Gasteiger partial charge in [0.1, 0.15) is 0 Å². The summed E-state index contributed by atoms with van der Waals surface area (Å²) in [5, 5.41) is 25.8. The van der Waals surface area contributed by atoms with Gasteiger partial charge in [0.05, 0.1) is 17.6 Å². The van der Waals surface area contributed by atoms with Crippen LogP contribution in [0.4, 0.5) is 0 Å². The van der Waals surface area contributed by atoms with Crippen molar-refractivity contribution in [3.8, 4) is 0 Å². The molecule has 0 spiro atoms. The number of hydrogen-bond donors (Lipinski definition) is 2. The molecular formula is C48H84N2O6. The Balaban J connectivity index is 1.26. The third-order valence-corrected chi connectivity index (χ3v) is 16.5. The molecule has 0 aromatic carbocycles. The van der Waals surface area contributed by atoms with E-state index in [4.69, 9.17) is 9.68 Å². The molecule has 0 amide bonds. The molecule has 0 bridgehead atoms. The number of rotatable bonds is 15. The standard InChI is InChI=1S/C48H84N2O6/c1-44(2)30-36(31-45(3,4)49(44)55-40-26-18-22-34-20-13-15-24-38(34)40)48(43(53)54,29-17-11-9-10-12-28-42(51)52)37-32-46(5,6)50(47(7,8)33-37)56-41-27-19-23-35-21-14-16-25-39(35)41/h34-41H,9-33H2,1-8H3,(H,51,52)(H,53,54). The van der Waals surface area contributed by atoms with E-state index in [1.807, 2.05) is 0 Å². The fourth-order valence-corrected chi connectivity index (χ4v) is 14.5. The summed E-state index contributed by atoms with van der Waals surface area (Å²) in [7, 11) is 0. The zero-order valence-electron chi connectivity index (χ0n) is 37.2. The second kappa shape index (κ2) is 17.8. The van der Waals surface area contributed by atoms with Crippen molar-refractivity contribution in [1.82, 2.24) is 10.1 Å². The van der Waals surface area contributed by atoms with Crippen molar-refractivity contribution in [2.45, 2.75) is 250 Å². The van der Waals surface area contributed by atoms with Gasteiger partial charge in [0.15, 0.2) is 0 Å². The van der Waals surface area contributed by atoms with E-state index < -0.39 is 17.4 Å². The van der Waals surface area contributed by atoms with E-state index >= 15 is 0 Å². The number of hydroxylamine groups is 4. The zero-order chi connectivity index (χ0) is 40.5. The quantitative estimate of drug-likeness (QED) is 0.158. The highest BCUT2D eigenvalue weighted by Gasteiger charge is 2.62. The van der Waals surface area contributed by atoms with E-state index in [9.17, 15) is 19.8 Å². The van der Waals surface area contributed by atoms with Crippen molar-refractivity contribution in [2.75, 3.05) is 0 Å². The van der Waals surface area contributed by atoms with Gasteiger partial charge in [0, 0.05) is 28.6 Å². The largest absolute Gasteiger partial charge is 0.481 e. The predicted octanol–water partition coefficient (Wildman–Crippen LogP) is 12.0. The molecule has 2 aliphatic heterocycles. The second-order valence-electron chi connectivity index (χ2n) is 22.6. The number of nitrogens with zero attached hydrogens (tertiary/aromatic N) is 2. The minimum absolute atomic E-state index is 0.00365. The van der Waals surface area contributed by atoms with Gasteiger partial charge in [-0.25, -0.2) is 0 Å². The molecule has 2 saturated heterocycles. The van der Waals surface area contributed by atoms with Crippen LogP contribution in [0.25, 0.3) is 0 Å². The van der Waals surface area contributed by atoms with Crippen LogP contribution in [0.3, 0.4) is 0 Å². The zero-order valence-corrected chi connectivity index (χ0v) is 37.2. The molecule has 0 radical (unpaired) electrons. The minimum atomic E-state index is -0.888. The van der Waals surface area contributed by atoms with Gasteiger partial charge in [0.2, 0.25) is 0 Å². The Morgan fingerprint density at radius 1 is 0.536 bits per heavy atom. The van der Waals surface area contributed by atoms with E-state index in [1.165, 1.54) is 77.0 Å². The van der Waals surface area contributed by atoms with Crippen LogP contribution < -0.4 is 0 Å². The average molecular weight is 785 g/mol. The lowest BCUT2D eigenvalue weighted by Crippen LogP contribution is -2.68. The molecule has 322 valence electrons. The summed E-state index contributed by atoms with van der Waals surface area (Å²) in [6.07, 6.45) is 26.9. The Labute approximate surface area is 341 Å². The number of piperidine rings is 2. The Bertz CT molecular complexity index is 1210. The smallest absolute Gasteiger partial charge is 0.310 e. The van der Waals surface area contributed by atoms with Crippen LogP contribution in [0.15, 0.2) is 0 Å². The van der Waals surface area contributed by atoms with Crippen LogP contribution in [0, 0.1) is 40.9 Å². The van der Waals surface area contributed by atoms with Gasteiger partial charge < -0.3 is 10.2 Å². The Morgan fingerprint density at radius 3 is 1.32 bits per heavy atom. The molecule has 0 aromatic heterocycles. The molecule has 2 N–H and O–H groups in total. The molecule has 4 saturated carbocycles. The highest BCUT2D eigenvalue weighted by atomic mass is 16.7. The summed E-state index contributed by atoms with van der Waals surface area (Å²) in [5.74, 6) is 1.51. The van der Waals surface area contributed by atoms with Gasteiger partial charge in [0.25, 0.3) is 0 Å². The maximum Gasteiger partial charge on any atom is 0.310 e. The lowest BCUT2D eigenvalue weighted by atomic mass is 9.52. The fraction of sp³-hybridized carbons (Fsp3) is 0.958. The third kappa shape index (κ3) is 9.54. The van der Waals surface area contributed by atoms with Crippen LogP contribution in [0.5, 0.6) is 0 Å². The van der Waals surface area contributed by atoms with Gasteiger partial charge in [-0.2, -0.15) is 10.1 Å². The SMILES string of the molecule is CC1(C)CC(C(CCCCCCCC(=O)O)(C(=O)O)C2CC(C)(C)N(OC3CCCC4CCCCC43)C(C)(C)C2)CC(C)(C)N1OC1CCCC2CCCCC21. The van der Waals surface area contributed by atoms with Crippen LogP contribution in [0.2, 0.25) is 0 Å². The molecule has 56 heavy (non-hydrogen) atoms. The maximum absolute atomic E-state index is 14.5. The van der Waals surface area contributed by atoms with Crippen molar-refractivity contribution in [1.29, 1.82) is 0 Å². The third-order valence-electron chi connectivity index (χ3n) is 16.5.